The fourth-order valence-corrected chi connectivity index (χ4v) is 4.27. The summed E-state index contributed by atoms with van der Waals surface area (Å²) in [7, 11) is 0. The molecule has 1 atom stereocenters. The number of benzene rings is 2. The molecule has 1 N–H and O–H groups in total. The van der Waals surface area contributed by atoms with Crippen LogP contribution in [0.3, 0.4) is 0 Å². The van der Waals surface area contributed by atoms with Crippen LogP contribution in [0.2, 0.25) is 5.02 Å². The van der Waals surface area contributed by atoms with Crippen LogP contribution < -0.4 is 10.1 Å². The van der Waals surface area contributed by atoms with Gasteiger partial charge in [0.2, 0.25) is 5.82 Å². The van der Waals surface area contributed by atoms with E-state index in [0.29, 0.717) is 28.5 Å². The predicted octanol–water partition coefficient (Wildman–Crippen LogP) is 5.47. The van der Waals surface area contributed by atoms with E-state index >= 15 is 0 Å². The molecule has 0 radical (unpaired) electrons. The first-order chi connectivity index (χ1) is 15.0. The quantitative estimate of drug-likeness (QED) is 0.495. The molecule has 1 aliphatic heterocycles. The van der Waals surface area contributed by atoms with Crippen LogP contribution in [0.4, 0.5) is 0 Å². The molecule has 0 fully saturated rings. The zero-order chi connectivity index (χ0) is 22.0. The van der Waals surface area contributed by atoms with Gasteiger partial charge in [-0.3, -0.25) is 0 Å². The maximum absolute atomic E-state index is 6.26. The van der Waals surface area contributed by atoms with E-state index in [9.17, 15) is 0 Å². The van der Waals surface area contributed by atoms with E-state index in [1.165, 1.54) is 0 Å². The molecule has 8 heteroatoms. The number of allylic oxidation sites excluding steroid dienone is 1. The minimum absolute atomic E-state index is 0.248. The molecule has 0 saturated heterocycles. The molecule has 1 unspecified atom stereocenters. The topological polar surface area (TPSA) is 63.4 Å². The second-order valence-corrected chi connectivity index (χ2v) is 7.88. The van der Waals surface area contributed by atoms with Crippen molar-refractivity contribution in [1.82, 2.24) is 20.4 Å². The first-order valence-corrected chi connectivity index (χ1v) is 10.9. The second-order valence-electron chi connectivity index (χ2n) is 7.06. The lowest BCUT2D eigenvalue weighted by molar-refractivity contribution is 0.340. The summed E-state index contributed by atoms with van der Waals surface area (Å²) in [5.74, 6) is 1.76. The van der Waals surface area contributed by atoms with Crippen molar-refractivity contribution in [3.05, 3.63) is 70.7 Å². The number of aromatic nitrogens is 2. The molecule has 0 bridgehead atoms. The van der Waals surface area contributed by atoms with E-state index in [1.807, 2.05) is 74.2 Å². The third-order valence-electron chi connectivity index (χ3n) is 5.17. The fourth-order valence-electron chi connectivity index (χ4n) is 3.69. The highest BCUT2D eigenvalue weighted by Crippen LogP contribution is 2.38. The zero-order valence-electron chi connectivity index (χ0n) is 17.6. The number of hydrogen-bond acceptors (Lipinski definition) is 5. The van der Waals surface area contributed by atoms with E-state index in [-0.39, 0.29) is 6.04 Å². The van der Waals surface area contributed by atoms with Crippen LogP contribution in [0.5, 0.6) is 5.75 Å². The highest BCUT2D eigenvalue weighted by atomic mass is 35.5. The third kappa shape index (κ3) is 4.29. The van der Waals surface area contributed by atoms with Crippen LogP contribution in [0.25, 0.3) is 17.0 Å². The molecule has 31 heavy (non-hydrogen) atoms. The number of thiocarbonyl (C=S) groups is 1. The van der Waals surface area contributed by atoms with Crippen LogP contribution in [0.15, 0.2) is 58.8 Å². The van der Waals surface area contributed by atoms with Crippen molar-refractivity contribution in [2.45, 2.75) is 26.8 Å². The van der Waals surface area contributed by atoms with Crippen molar-refractivity contribution in [2.75, 3.05) is 13.2 Å². The Morgan fingerprint density at radius 1 is 1.19 bits per heavy atom. The molecule has 0 spiro atoms. The number of rotatable bonds is 6. The van der Waals surface area contributed by atoms with Crippen molar-refractivity contribution in [1.29, 1.82) is 0 Å². The summed E-state index contributed by atoms with van der Waals surface area (Å²) >= 11 is 11.9. The van der Waals surface area contributed by atoms with Crippen molar-refractivity contribution in [2.24, 2.45) is 0 Å². The third-order valence-corrected chi connectivity index (χ3v) is 5.75. The molecule has 1 aromatic heterocycles. The van der Waals surface area contributed by atoms with Crippen LogP contribution in [0, 0.1) is 0 Å². The van der Waals surface area contributed by atoms with Gasteiger partial charge in [-0.05, 0) is 75.0 Å². The lowest BCUT2D eigenvalue weighted by Gasteiger charge is -2.36. The number of halogens is 1. The Morgan fingerprint density at radius 3 is 2.65 bits per heavy atom. The van der Waals surface area contributed by atoms with Gasteiger partial charge in [0.15, 0.2) is 5.11 Å². The van der Waals surface area contributed by atoms with Gasteiger partial charge < -0.3 is 19.5 Å². The highest BCUT2D eigenvalue weighted by molar-refractivity contribution is 7.80. The number of ether oxygens (including phenoxy) is 1. The lowest BCUT2D eigenvalue weighted by Crippen LogP contribution is -2.45. The maximum atomic E-state index is 6.26. The Balaban J connectivity index is 1.75. The van der Waals surface area contributed by atoms with Gasteiger partial charge >= 0.3 is 0 Å². The summed E-state index contributed by atoms with van der Waals surface area (Å²) in [4.78, 5) is 6.72. The maximum Gasteiger partial charge on any atom is 0.258 e. The molecule has 1 aliphatic rings. The number of nitrogens with one attached hydrogen (secondary N) is 1. The van der Waals surface area contributed by atoms with Crippen molar-refractivity contribution < 1.29 is 9.26 Å². The molecule has 2 heterocycles. The SMILES string of the molecule is CCOc1ccc(-c2noc(C3=C(C)N(CC)C(=S)NC3c3cccc(Cl)c3)n2)cc1. The minimum atomic E-state index is -0.248. The van der Waals surface area contributed by atoms with Gasteiger partial charge in [0.25, 0.3) is 5.89 Å². The monoisotopic (exact) mass is 454 g/mol. The molecule has 0 saturated carbocycles. The first-order valence-electron chi connectivity index (χ1n) is 10.1. The number of nitrogens with zero attached hydrogens (tertiary/aromatic N) is 3. The van der Waals surface area contributed by atoms with E-state index in [1.54, 1.807) is 0 Å². The van der Waals surface area contributed by atoms with Crippen molar-refractivity contribution in [3.63, 3.8) is 0 Å². The Labute approximate surface area is 191 Å². The first kappa shape index (κ1) is 21.3. The Morgan fingerprint density at radius 2 is 1.97 bits per heavy atom. The van der Waals surface area contributed by atoms with Gasteiger partial charge in [0.05, 0.1) is 18.2 Å². The summed E-state index contributed by atoms with van der Waals surface area (Å²) in [6.07, 6.45) is 0. The van der Waals surface area contributed by atoms with E-state index in [4.69, 9.17) is 38.1 Å². The summed E-state index contributed by atoms with van der Waals surface area (Å²) in [5, 5.41) is 8.93. The zero-order valence-corrected chi connectivity index (χ0v) is 19.1. The molecular formula is C23H23ClN4O2S. The van der Waals surface area contributed by atoms with Crippen LogP contribution in [-0.2, 0) is 0 Å². The highest BCUT2D eigenvalue weighted by Gasteiger charge is 2.33. The van der Waals surface area contributed by atoms with Gasteiger partial charge in [0, 0.05) is 22.8 Å². The van der Waals surface area contributed by atoms with Gasteiger partial charge in [-0.25, -0.2) is 0 Å². The Hall–Kier alpha value is -2.90. The van der Waals surface area contributed by atoms with Gasteiger partial charge in [-0.15, -0.1) is 0 Å². The fraction of sp³-hybridized carbons (Fsp3) is 0.261. The molecule has 0 amide bonds. The molecule has 2 aromatic carbocycles. The predicted molar refractivity (Wildman–Crippen MR) is 126 cm³/mol. The van der Waals surface area contributed by atoms with E-state index in [0.717, 1.165) is 34.7 Å². The molecular weight excluding hydrogens is 432 g/mol. The second kappa shape index (κ2) is 9.08. The normalized spacial score (nSPS) is 16.5. The van der Waals surface area contributed by atoms with Gasteiger partial charge in [-0.2, -0.15) is 4.98 Å². The van der Waals surface area contributed by atoms with Gasteiger partial charge in [-0.1, -0.05) is 28.9 Å². The standard InChI is InChI=1S/C23H23ClN4O2S/c1-4-28-14(3)19(20(25-23(28)31)16-7-6-8-17(24)13-16)22-26-21(27-30-22)15-9-11-18(12-10-15)29-5-2/h6-13,20H,4-5H2,1-3H3,(H,25,31). The molecule has 4 rings (SSSR count). The summed E-state index contributed by atoms with van der Waals surface area (Å²) in [6.45, 7) is 7.36. The van der Waals surface area contributed by atoms with E-state index in [2.05, 4.69) is 10.5 Å². The average Bonchev–Trinajstić information content (AvgIpc) is 3.24. The Kier molecular flexibility index (Phi) is 6.25. The Bertz CT molecular complexity index is 1130. The smallest absolute Gasteiger partial charge is 0.258 e. The lowest BCUT2D eigenvalue weighted by atomic mass is 9.95. The van der Waals surface area contributed by atoms with Gasteiger partial charge in [0.1, 0.15) is 5.75 Å². The molecule has 160 valence electrons. The molecule has 3 aromatic rings. The molecule has 6 nitrogen and oxygen atoms in total. The van der Waals surface area contributed by atoms with Crippen LogP contribution in [-0.4, -0.2) is 33.3 Å². The van der Waals surface area contributed by atoms with Crippen molar-refractivity contribution in [3.8, 4) is 17.1 Å². The number of hydrogen-bond donors (Lipinski definition) is 1. The van der Waals surface area contributed by atoms with Crippen LogP contribution >= 0.6 is 23.8 Å². The average molecular weight is 455 g/mol. The summed E-state index contributed by atoms with van der Waals surface area (Å²) < 4.78 is 11.2. The van der Waals surface area contributed by atoms with Crippen LogP contribution in [0.1, 0.15) is 38.3 Å². The van der Waals surface area contributed by atoms with E-state index < -0.39 is 0 Å². The molecule has 0 aliphatic carbocycles. The largest absolute Gasteiger partial charge is 0.494 e. The minimum Gasteiger partial charge on any atom is -0.494 e. The summed E-state index contributed by atoms with van der Waals surface area (Å²) in [5.41, 5.74) is 3.67. The summed E-state index contributed by atoms with van der Waals surface area (Å²) in [6, 6.07) is 15.1. The van der Waals surface area contributed by atoms with Crippen molar-refractivity contribution >= 4 is 34.5 Å².